The molecular weight excluding hydrogens is 674 g/mol. The highest BCUT2D eigenvalue weighted by Gasteiger charge is 2.23. The lowest BCUT2D eigenvalue weighted by Gasteiger charge is -2.18. The molecular formula is C39H34ClN3O6S. The van der Waals surface area contributed by atoms with Crippen LogP contribution in [-0.2, 0) is 9.59 Å². The summed E-state index contributed by atoms with van der Waals surface area (Å²) in [5, 5.41) is 8.33. The topological polar surface area (TPSA) is 115 Å². The quantitative estimate of drug-likeness (QED) is 0.0834. The molecule has 5 aromatic rings. The van der Waals surface area contributed by atoms with E-state index in [1.165, 1.54) is 39.2 Å². The number of benzene rings is 5. The third kappa shape index (κ3) is 9.25. The van der Waals surface area contributed by atoms with E-state index >= 15 is 0 Å². The number of carbonyl (C=O) groups is 3. The van der Waals surface area contributed by atoms with Gasteiger partial charge >= 0.3 is 0 Å². The Balaban J connectivity index is 1.36. The van der Waals surface area contributed by atoms with Gasteiger partial charge in [0.05, 0.1) is 26.4 Å². The molecule has 0 fully saturated rings. The number of hydrogen-bond acceptors (Lipinski definition) is 7. The maximum absolute atomic E-state index is 13.7. The van der Waals surface area contributed by atoms with Crippen molar-refractivity contribution < 1.29 is 28.6 Å². The fourth-order valence-corrected chi connectivity index (χ4v) is 6.14. The minimum absolute atomic E-state index is 0.0108. The Morgan fingerprint density at radius 3 is 1.98 bits per heavy atom. The summed E-state index contributed by atoms with van der Waals surface area (Å²) in [6.45, 7) is 0. The van der Waals surface area contributed by atoms with Gasteiger partial charge in [0.25, 0.3) is 11.8 Å². The number of hydrogen-bond donors (Lipinski definition) is 3. The van der Waals surface area contributed by atoms with Crippen LogP contribution in [0.25, 0.3) is 6.08 Å². The molecule has 0 saturated heterocycles. The average molecular weight is 708 g/mol. The normalized spacial score (nSPS) is 11.6. The van der Waals surface area contributed by atoms with E-state index in [0.717, 1.165) is 10.5 Å². The third-order valence-electron chi connectivity index (χ3n) is 7.39. The van der Waals surface area contributed by atoms with Crippen LogP contribution < -0.4 is 30.2 Å². The van der Waals surface area contributed by atoms with Crippen molar-refractivity contribution >= 4 is 58.5 Å². The summed E-state index contributed by atoms with van der Waals surface area (Å²) in [6, 6.07) is 35.3. The first-order valence-electron chi connectivity index (χ1n) is 15.4. The molecule has 50 heavy (non-hydrogen) atoms. The number of thioether (sulfide) groups is 1. The van der Waals surface area contributed by atoms with E-state index in [9.17, 15) is 14.4 Å². The van der Waals surface area contributed by atoms with Crippen molar-refractivity contribution in [1.82, 2.24) is 5.32 Å². The maximum atomic E-state index is 13.7. The van der Waals surface area contributed by atoms with Crippen LogP contribution in [0.5, 0.6) is 17.2 Å². The first kappa shape index (κ1) is 35.6. The van der Waals surface area contributed by atoms with Gasteiger partial charge in [0.15, 0.2) is 0 Å². The zero-order valence-electron chi connectivity index (χ0n) is 27.4. The van der Waals surface area contributed by atoms with Crippen molar-refractivity contribution in [3.05, 3.63) is 149 Å². The number of nitrogens with one attached hydrogen (secondary N) is 3. The van der Waals surface area contributed by atoms with Gasteiger partial charge in [-0.2, -0.15) is 0 Å². The maximum Gasteiger partial charge on any atom is 0.272 e. The lowest BCUT2D eigenvalue weighted by atomic mass is 10.1. The summed E-state index contributed by atoms with van der Waals surface area (Å²) in [6.07, 6.45) is 1.53. The second-order valence-electron chi connectivity index (χ2n) is 10.7. The number of rotatable bonds is 13. The van der Waals surface area contributed by atoms with E-state index < -0.39 is 17.1 Å². The van der Waals surface area contributed by atoms with Crippen molar-refractivity contribution in [2.24, 2.45) is 0 Å². The Hall–Kier alpha value is -5.71. The molecule has 5 aromatic carbocycles. The highest BCUT2D eigenvalue weighted by atomic mass is 35.5. The van der Waals surface area contributed by atoms with Gasteiger partial charge in [-0.1, -0.05) is 60.1 Å². The van der Waals surface area contributed by atoms with Crippen LogP contribution in [0, 0.1) is 0 Å². The zero-order chi connectivity index (χ0) is 35.5. The minimum atomic E-state index is -0.599. The van der Waals surface area contributed by atoms with Gasteiger partial charge in [-0.25, -0.2) is 0 Å². The zero-order valence-corrected chi connectivity index (χ0v) is 29.0. The Morgan fingerprint density at radius 2 is 1.34 bits per heavy atom. The predicted octanol–water partition coefficient (Wildman–Crippen LogP) is 8.25. The van der Waals surface area contributed by atoms with E-state index in [0.29, 0.717) is 44.8 Å². The van der Waals surface area contributed by atoms with E-state index in [1.54, 1.807) is 78.9 Å². The van der Waals surface area contributed by atoms with E-state index in [1.807, 2.05) is 42.5 Å². The molecule has 0 radical (unpaired) electrons. The third-order valence-corrected chi connectivity index (χ3v) is 8.95. The molecule has 0 saturated carbocycles. The van der Waals surface area contributed by atoms with Crippen molar-refractivity contribution in [3.63, 3.8) is 0 Å². The van der Waals surface area contributed by atoms with E-state index in [2.05, 4.69) is 16.0 Å². The van der Waals surface area contributed by atoms with Crippen molar-refractivity contribution in [2.45, 2.75) is 10.1 Å². The monoisotopic (exact) mass is 707 g/mol. The predicted molar refractivity (Wildman–Crippen MR) is 198 cm³/mol. The molecule has 0 aromatic heterocycles. The summed E-state index contributed by atoms with van der Waals surface area (Å²) in [7, 11) is 4.58. The molecule has 0 spiro atoms. The number of amides is 3. The molecule has 0 heterocycles. The van der Waals surface area contributed by atoms with Gasteiger partial charge in [-0.3, -0.25) is 14.4 Å². The number of halogens is 1. The van der Waals surface area contributed by atoms with Gasteiger partial charge in [-0.05, 0) is 84.4 Å². The van der Waals surface area contributed by atoms with Gasteiger partial charge < -0.3 is 30.2 Å². The second-order valence-corrected chi connectivity index (χ2v) is 12.3. The Bertz CT molecular complexity index is 1990. The summed E-state index contributed by atoms with van der Waals surface area (Å²) in [5.74, 6) is 0.291. The standard InChI is InChI=1S/C39H34ClN3O6S/c1-47-30-17-21-34(48-2)27(22-30)23-33(43-37(44)26-12-8-5-9-13-26)38(45)41-28-14-18-31(19-15-28)50-36(25-10-6-4-7-11-25)39(46)42-29-16-20-35(49-3)32(40)24-29/h4-24,36H,1-3H3,(H,41,45)(H,42,46)(H,43,44)/b33-23-. The summed E-state index contributed by atoms with van der Waals surface area (Å²) in [5.41, 5.74) is 2.73. The largest absolute Gasteiger partial charge is 0.497 e. The summed E-state index contributed by atoms with van der Waals surface area (Å²) < 4.78 is 16.1. The lowest BCUT2D eigenvalue weighted by molar-refractivity contribution is -0.116. The summed E-state index contributed by atoms with van der Waals surface area (Å²) >= 11 is 7.64. The molecule has 3 amide bonds. The van der Waals surface area contributed by atoms with E-state index in [4.69, 9.17) is 25.8 Å². The number of ether oxygens (including phenoxy) is 3. The number of carbonyl (C=O) groups excluding carboxylic acids is 3. The molecule has 0 aliphatic heterocycles. The molecule has 9 nitrogen and oxygen atoms in total. The Labute approximate surface area is 299 Å². The smallest absolute Gasteiger partial charge is 0.272 e. The molecule has 11 heteroatoms. The average Bonchev–Trinajstić information content (AvgIpc) is 3.14. The SMILES string of the molecule is COc1ccc(OC)c(/C=C(\NC(=O)c2ccccc2)C(=O)Nc2ccc(SC(C(=O)Nc3ccc(OC)c(Cl)c3)c3ccccc3)cc2)c1. The minimum Gasteiger partial charge on any atom is -0.497 e. The second kappa shape index (κ2) is 17.1. The lowest BCUT2D eigenvalue weighted by Crippen LogP contribution is -2.30. The van der Waals surface area contributed by atoms with Crippen LogP contribution in [-0.4, -0.2) is 39.1 Å². The van der Waals surface area contributed by atoms with Crippen LogP contribution in [0.2, 0.25) is 5.02 Å². The molecule has 5 rings (SSSR count). The fourth-order valence-electron chi connectivity index (χ4n) is 4.85. The van der Waals surface area contributed by atoms with Gasteiger partial charge in [-0.15, -0.1) is 11.8 Å². The van der Waals surface area contributed by atoms with Gasteiger partial charge in [0, 0.05) is 27.4 Å². The first-order valence-corrected chi connectivity index (χ1v) is 16.6. The molecule has 0 bridgehead atoms. The van der Waals surface area contributed by atoms with Crippen molar-refractivity contribution in [3.8, 4) is 17.2 Å². The Morgan fingerprint density at radius 1 is 0.700 bits per heavy atom. The van der Waals surface area contributed by atoms with Crippen LogP contribution in [0.1, 0.15) is 26.7 Å². The highest BCUT2D eigenvalue weighted by molar-refractivity contribution is 8.00. The van der Waals surface area contributed by atoms with Crippen LogP contribution in [0.3, 0.4) is 0 Å². The van der Waals surface area contributed by atoms with Crippen molar-refractivity contribution in [1.29, 1.82) is 0 Å². The fraction of sp³-hybridized carbons (Fsp3) is 0.103. The van der Waals surface area contributed by atoms with E-state index in [-0.39, 0.29) is 11.6 Å². The first-order chi connectivity index (χ1) is 24.3. The van der Waals surface area contributed by atoms with Crippen LogP contribution in [0.4, 0.5) is 11.4 Å². The number of methoxy groups -OCH3 is 3. The molecule has 3 N–H and O–H groups in total. The highest BCUT2D eigenvalue weighted by Crippen LogP contribution is 2.37. The van der Waals surface area contributed by atoms with Crippen LogP contribution in [0.15, 0.2) is 132 Å². The van der Waals surface area contributed by atoms with Crippen LogP contribution >= 0.6 is 23.4 Å². The molecule has 0 aliphatic carbocycles. The molecule has 254 valence electrons. The van der Waals surface area contributed by atoms with Gasteiger partial charge in [0.1, 0.15) is 28.2 Å². The van der Waals surface area contributed by atoms with Crippen molar-refractivity contribution in [2.75, 3.05) is 32.0 Å². The number of anilines is 2. The molecule has 1 unspecified atom stereocenters. The molecule has 1 atom stereocenters. The Kier molecular flexibility index (Phi) is 12.2. The summed E-state index contributed by atoms with van der Waals surface area (Å²) in [4.78, 5) is 41.2. The van der Waals surface area contributed by atoms with Gasteiger partial charge in [0.2, 0.25) is 5.91 Å². The molecule has 0 aliphatic rings.